The molecule has 0 amide bonds. The van der Waals surface area contributed by atoms with Crippen molar-refractivity contribution in [3.05, 3.63) is 95.2 Å². The highest BCUT2D eigenvalue weighted by Gasteiger charge is 2.06. The Morgan fingerprint density at radius 3 is 2.66 bits per heavy atom. The van der Waals surface area contributed by atoms with Gasteiger partial charge in [0.15, 0.2) is 0 Å². The number of hydrogen-bond donors (Lipinski definition) is 1. The predicted octanol–water partition coefficient (Wildman–Crippen LogP) is 6.76. The smallest absolute Gasteiger partial charge is 0.0456 e. The number of H-pyrrole nitrogens is 1. The second-order valence-corrected chi connectivity index (χ2v) is 7.66. The van der Waals surface area contributed by atoms with Crippen molar-refractivity contribution in [3.63, 3.8) is 0 Å². The second kappa shape index (κ2) is 8.48. The summed E-state index contributed by atoms with van der Waals surface area (Å²) in [6.07, 6.45) is 4.14. The van der Waals surface area contributed by atoms with Gasteiger partial charge in [0.2, 0.25) is 0 Å². The van der Waals surface area contributed by atoms with Gasteiger partial charge in [0.1, 0.15) is 0 Å². The van der Waals surface area contributed by atoms with Crippen molar-refractivity contribution in [3.8, 4) is 11.1 Å². The lowest BCUT2D eigenvalue weighted by molar-refractivity contribution is 0.974. The van der Waals surface area contributed by atoms with Crippen LogP contribution in [0.4, 0.5) is 0 Å². The van der Waals surface area contributed by atoms with Crippen LogP contribution in [0.1, 0.15) is 36.1 Å². The van der Waals surface area contributed by atoms with Gasteiger partial charge in [0.05, 0.1) is 0 Å². The van der Waals surface area contributed by atoms with E-state index < -0.39 is 0 Å². The van der Waals surface area contributed by atoms with Gasteiger partial charge in [-0.2, -0.15) is 0 Å². The zero-order valence-corrected chi connectivity index (χ0v) is 17.5. The molecule has 29 heavy (non-hydrogen) atoms. The number of hydrogen-bond acceptors (Lipinski definition) is 1. The quantitative estimate of drug-likeness (QED) is 0.358. The van der Waals surface area contributed by atoms with Gasteiger partial charge in [-0.1, -0.05) is 55.5 Å². The van der Waals surface area contributed by atoms with Gasteiger partial charge < -0.3 is 4.98 Å². The zero-order chi connectivity index (χ0) is 20.2. The lowest BCUT2D eigenvalue weighted by Crippen LogP contribution is -1.99. The maximum Gasteiger partial charge on any atom is 0.0456 e. The van der Waals surface area contributed by atoms with Crippen LogP contribution in [0.15, 0.2) is 77.9 Å². The molecule has 0 saturated carbocycles. The molecule has 4 rings (SSSR count). The van der Waals surface area contributed by atoms with Crippen LogP contribution in [0.3, 0.4) is 0 Å². The summed E-state index contributed by atoms with van der Waals surface area (Å²) in [6.45, 7) is 7.27. The van der Waals surface area contributed by atoms with E-state index >= 15 is 0 Å². The van der Waals surface area contributed by atoms with Gasteiger partial charge in [-0.25, -0.2) is 0 Å². The molecule has 2 nitrogen and oxygen atoms in total. The van der Waals surface area contributed by atoms with Crippen LogP contribution in [0.25, 0.3) is 22.0 Å². The Labute approximate surface area is 173 Å². The number of fused-ring (bicyclic) bond motifs is 1. The molecule has 1 heterocycles. The van der Waals surface area contributed by atoms with Crippen LogP contribution in [0.2, 0.25) is 0 Å². The molecule has 0 aliphatic carbocycles. The minimum Gasteiger partial charge on any atom is -0.361 e. The molecule has 1 aromatic heterocycles. The molecule has 1 N–H and O–H groups in total. The number of benzene rings is 3. The Bertz CT molecular complexity index is 1160. The molecular weight excluding hydrogens is 352 g/mol. The molecule has 0 saturated heterocycles. The summed E-state index contributed by atoms with van der Waals surface area (Å²) in [7, 11) is 0. The third-order valence-corrected chi connectivity index (χ3v) is 5.71. The van der Waals surface area contributed by atoms with Crippen molar-refractivity contribution in [1.82, 2.24) is 4.98 Å². The Kier molecular flexibility index (Phi) is 5.62. The fraction of sp³-hybridized carbons (Fsp3) is 0.222. The standard InChI is InChI=1S/C27H28N2/c1-4-21-12-13-27-26(16-21)24(18-29-27)14-15-28-20(3)22-9-7-10-23(17-22)25-11-6-5-8-19(25)2/h5-13,16-18,29H,4,14-15H2,1-3H3. The van der Waals surface area contributed by atoms with Crippen LogP contribution < -0.4 is 0 Å². The van der Waals surface area contributed by atoms with E-state index in [0.717, 1.165) is 25.1 Å². The number of aryl methyl sites for hydroxylation is 2. The average Bonchev–Trinajstić information content (AvgIpc) is 3.16. The first-order valence-corrected chi connectivity index (χ1v) is 10.4. The molecule has 3 aromatic carbocycles. The van der Waals surface area contributed by atoms with Crippen molar-refractivity contribution in [1.29, 1.82) is 0 Å². The fourth-order valence-electron chi connectivity index (χ4n) is 3.90. The van der Waals surface area contributed by atoms with Crippen LogP contribution in [0.5, 0.6) is 0 Å². The maximum absolute atomic E-state index is 4.88. The number of aromatic nitrogens is 1. The molecule has 0 fully saturated rings. The lowest BCUT2D eigenvalue weighted by Gasteiger charge is -2.08. The summed E-state index contributed by atoms with van der Waals surface area (Å²) in [5.41, 5.74) is 10.1. The van der Waals surface area contributed by atoms with Gasteiger partial charge in [0, 0.05) is 29.4 Å². The van der Waals surface area contributed by atoms with Crippen molar-refractivity contribution in [2.45, 2.75) is 33.6 Å². The summed E-state index contributed by atoms with van der Waals surface area (Å²) < 4.78 is 0. The first kappa shape index (κ1) is 19.2. The number of nitrogens with zero attached hydrogens (tertiary/aromatic N) is 1. The van der Waals surface area contributed by atoms with E-state index in [2.05, 4.69) is 98.7 Å². The number of nitrogens with one attached hydrogen (secondary N) is 1. The number of aromatic amines is 1. The van der Waals surface area contributed by atoms with Crippen molar-refractivity contribution in [2.24, 2.45) is 4.99 Å². The van der Waals surface area contributed by atoms with Gasteiger partial charge in [-0.05, 0) is 78.3 Å². The molecular formula is C27H28N2. The third-order valence-electron chi connectivity index (χ3n) is 5.71. The highest BCUT2D eigenvalue weighted by molar-refractivity contribution is 5.99. The van der Waals surface area contributed by atoms with Gasteiger partial charge in [-0.3, -0.25) is 4.99 Å². The van der Waals surface area contributed by atoms with Crippen molar-refractivity contribution >= 4 is 16.6 Å². The summed E-state index contributed by atoms with van der Waals surface area (Å²) >= 11 is 0. The first-order chi connectivity index (χ1) is 14.2. The summed E-state index contributed by atoms with van der Waals surface area (Å²) in [4.78, 5) is 8.27. The van der Waals surface area contributed by atoms with Gasteiger partial charge in [-0.15, -0.1) is 0 Å². The first-order valence-electron chi connectivity index (χ1n) is 10.4. The minimum absolute atomic E-state index is 0.795. The predicted molar refractivity (Wildman–Crippen MR) is 125 cm³/mol. The number of rotatable bonds is 6. The Morgan fingerprint density at radius 2 is 1.83 bits per heavy atom. The van der Waals surface area contributed by atoms with E-state index in [9.17, 15) is 0 Å². The topological polar surface area (TPSA) is 28.1 Å². The summed E-state index contributed by atoms with van der Waals surface area (Å²) in [5.74, 6) is 0. The lowest BCUT2D eigenvalue weighted by atomic mass is 9.98. The normalized spacial score (nSPS) is 11.9. The fourth-order valence-corrected chi connectivity index (χ4v) is 3.90. The zero-order valence-electron chi connectivity index (χ0n) is 17.5. The minimum atomic E-state index is 0.795. The van der Waals surface area contributed by atoms with Gasteiger partial charge >= 0.3 is 0 Å². The van der Waals surface area contributed by atoms with Crippen molar-refractivity contribution in [2.75, 3.05) is 6.54 Å². The largest absolute Gasteiger partial charge is 0.361 e. The second-order valence-electron chi connectivity index (χ2n) is 7.66. The third kappa shape index (κ3) is 4.17. The van der Waals surface area contributed by atoms with Crippen LogP contribution >= 0.6 is 0 Å². The van der Waals surface area contributed by atoms with Crippen LogP contribution in [-0.2, 0) is 12.8 Å². The van der Waals surface area contributed by atoms with E-state index in [1.165, 1.54) is 44.3 Å². The summed E-state index contributed by atoms with van der Waals surface area (Å²) in [6, 6.07) is 23.9. The number of aliphatic imine (C=N–C) groups is 1. The molecule has 0 spiro atoms. The van der Waals surface area contributed by atoms with E-state index in [4.69, 9.17) is 4.99 Å². The van der Waals surface area contributed by atoms with Crippen molar-refractivity contribution < 1.29 is 0 Å². The molecule has 0 radical (unpaired) electrons. The Morgan fingerprint density at radius 1 is 0.966 bits per heavy atom. The van der Waals surface area contributed by atoms with Crippen LogP contribution in [-0.4, -0.2) is 17.2 Å². The van der Waals surface area contributed by atoms with E-state index in [-0.39, 0.29) is 0 Å². The van der Waals surface area contributed by atoms with Crippen LogP contribution in [0, 0.1) is 6.92 Å². The molecule has 146 valence electrons. The highest BCUT2D eigenvalue weighted by atomic mass is 14.7. The SMILES string of the molecule is CCc1ccc2[nH]cc(CCN=C(C)c3cccc(-c4ccccc4C)c3)c2c1. The average molecular weight is 381 g/mol. The van der Waals surface area contributed by atoms with E-state index in [1.807, 2.05) is 0 Å². The Balaban J connectivity index is 1.51. The molecule has 2 heteroatoms. The molecule has 0 aliphatic rings. The van der Waals surface area contributed by atoms with Gasteiger partial charge in [0.25, 0.3) is 0 Å². The molecule has 0 atom stereocenters. The van der Waals surface area contributed by atoms with E-state index in [0.29, 0.717) is 0 Å². The summed E-state index contributed by atoms with van der Waals surface area (Å²) in [5, 5.41) is 1.33. The Hall–Kier alpha value is -3.13. The molecule has 4 aromatic rings. The molecule has 0 unspecified atom stereocenters. The monoisotopic (exact) mass is 380 g/mol. The maximum atomic E-state index is 4.88. The highest BCUT2D eigenvalue weighted by Crippen LogP contribution is 2.24. The molecule has 0 bridgehead atoms. The molecule has 0 aliphatic heterocycles. The van der Waals surface area contributed by atoms with E-state index in [1.54, 1.807) is 0 Å².